The first-order chi connectivity index (χ1) is 15.4. The lowest BCUT2D eigenvalue weighted by molar-refractivity contribution is -0.177. The molecule has 0 saturated heterocycles. The SMILES string of the molecule is CC(=O)O[C@H]1CC=C(C)[C@@H]2CC3=C(C)C(=O)O[C@H]3/C=C(/C)CCC(OC(=O)C=C(C)C)[C@@]12C. The third kappa shape index (κ3) is 5.15. The molecule has 6 heteroatoms. The van der Waals surface area contributed by atoms with Gasteiger partial charge in [0.1, 0.15) is 18.3 Å². The number of allylic oxidation sites excluding steroid dienone is 3. The number of carbonyl (C=O) groups excluding carboxylic acids is 3. The van der Waals surface area contributed by atoms with Crippen molar-refractivity contribution in [1.82, 2.24) is 0 Å². The van der Waals surface area contributed by atoms with Gasteiger partial charge in [0.2, 0.25) is 0 Å². The Morgan fingerprint density at radius 3 is 2.45 bits per heavy atom. The van der Waals surface area contributed by atoms with E-state index < -0.39 is 17.6 Å². The van der Waals surface area contributed by atoms with E-state index in [1.165, 1.54) is 13.0 Å². The molecule has 0 amide bonds. The molecule has 0 saturated carbocycles. The minimum atomic E-state index is -0.670. The summed E-state index contributed by atoms with van der Waals surface area (Å²) in [6.45, 7) is 13.1. The Hall–Kier alpha value is -2.63. The van der Waals surface area contributed by atoms with Crippen LogP contribution in [0.1, 0.15) is 74.1 Å². The van der Waals surface area contributed by atoms with Crippen LogP contribution in [0.2, 0.25) is 0 Å². The highest BCUT2D eigenvalue weighted by atomic mass is 16.6. The van der Waals surface area contributed by atoms with E-state index in [2.05, 4.69) is 19.9 Å². The van der Waals surface area contributed by atoms with Gasteiger partial charge in [-0.2, -0.15) is 0 Å². The van der Waals surface area contributed by atoms with E-state index in [9.17, 15) is 14.4 Å². The molecule has 6 nitrogen and oxygen atoms in total. The fourth-order valence-corrected chi connectivity index (χ4v) is 5.44. The number of carbonyl (C=O) groups is 3. The molecule has 0 spiro atoms. The van der Waals surface area contributed by atoms with Gasteiger partial charge in [-0.25, -0.2) is 9.59 Å². The van der Waals surface area contributed by atoms with E-state index in [-0.39, 0.29) is 29.9 Å². The predicted octanol–water partition coefficient (Wildman–Crippen LogP) is 5.14. The maximum atomic E-state index is 12.8. The number of hydrogen-bond donors (Lipinski definition) is 0. The Balaban J connectivity index is 2.15. The molecule has 0 aromatic heterocycles. The highest BCUT2D eigenvalue weighted by Gasteiger charge is 2.54. The normalized spacial score (nSPS) is 33.5. The quantitative estimate of drug-likeness (QED) is 0.253. The lowest BCUT2D eigenvalue weighted by atomic mass is 9.59. The Bertz CT molecular complexity index is 961. The van der Waals surface area contributed by atoms with Crippen molar-refractivity contribution in [2.45, 2.75) is 92.5 Å². The van der Waals surface area contributed by atoms with Crippen molar-refractivity contribution < 1.29 is 28.6 Å². The molecule has 2 aliphatic carbocycles. The first-order valence-electron chi connectivity index (χ1n) is 11.7. The van der Waals surface area contributed by atoms with Gasteiger partial charge in [-0.15, -0.1) is 0 Å². The number of rotatable bonds is 3. The van der Waals surface area contributed by atoms with Crippen molar-refractivity contribution in [1.29, 1.82) is 0 Å². The molecule has 33 heavy (non-hydrogen) atoms. The molecule has 3 rings (SSSR count). The zero-order chi connectivity index (χ0) is 24.5. The van der Waals surface area contributed by atoms with Crippen LogP contribution in [0.4, 0.5) is 0 Å². The second-order valence-electron chi connectivity index (χ2n) is 10.1. The van der Waals surface area contributed by atoms with E-state index in [0.717, 1.165) is 22.3 Å². The summed E-state index contributed by atoms with van der Waals surface area (Å²) in [5, 5.41) is 0. The minimum absolute atomic E-state index is 0.0890. The van der Waals surface area contributed by atoms with Crippen molar-refractivity contribution in [3.63, 3.8) is 0 Å². The van der Waals surface area contributed by atoms with Crippen molar-refractivity contribution in [3.8, 4) is 0 Å². The molecule has 5 atom stereocenters. The van der Waals surface area contributed by atoms with Gasteiger partial charge in [0, 0.05) is 30.4 Å². The number of hydrogen-bond acceptors (Lipinski definition) is 6. The lowest BCUT2D eigenvalue weighted by Crippen LogP contribution is -2.54. The maximum absolute atomic E-state index is 12.8. The van der Waals surface area contributed by atoms with Crippen molar-refractivity contribution >= 4 is 17.9 Å². The smallest absolute Gasteiger partial charge is 0.334 e. The van der Waals surface area contributed by atoms with Gasteiger partial charge in [-0.3, -0.25) is 4.79 Å². The third-order valence-electron chi connectivity index (χ3n) is 7.34. The van der Waals surface area contributed by atoms with E-state index in [0.29, 0.717) is 31.3 Å². The summed E-state index contributed by atoms with van der Waals surface area (Å²) in [6, 6.07) is 0. The Labute approximate surface area is 196 Å². The molecule has 3 aliphatic rings. The fraction of sp³-hybridized carbons (Fsp3) is 0.593. The molecule has 1 unspecified atom stereocenters. The van der Waals surface area contributed by atoms with Crippen LogP contribution in [0, 0.1) is 11.3 Å². The van der Waals surface area contributed by atoms with Gasteiger partial charge < -0.3 is 14.2 Å². The van der Waals surface area contributed by atoms with E-state index in [1.807, 2.05) is 33.8 Å². The fourth-order valence-electron chi connectivity index (χ4n) is 5.44. The Morgan fingerprint density at radius 1 is 1.12 bits per heavy atom. The molecule has 1 heterocycles. The van der Waals surface area contributed by atoms with Gasteiger partial charge in [0.05, 0.1) is 0 Å². The summed E-state index contributed by atoms with van der Waals surface area (Å²) in [6.07, 6.45) is 6.68. The number of esters is 3. The molecular weight excluding hydrogens is 420 g/mol. The van der Waals surface area contributed by atoms with Gasteiger partial charge in [-0.1, -0.05) is 29.7 Å². The average Bonchev–Trinajstić information content (AvgIpc) is 2.96. The van der Waals surface area contributed by atoms with Crippen LogP contribution >= 0.6 is 0 Å². The second kappa shape index (κ2) is 9.70. The first kappa shape index (κ1) is 25.0. The van der Waals surface area contributed by atoms with Crippen molar-refractivity contribution in [3.05, 3.63) is 46.1 Å². The molecule has 1 aliphatic heterocycles. The summed E-state index contributed by atoms with van der Waals surface area (Å²) in [7, 11) is 0. The topological polar surface area (TPSA) is 78.9 Å². The third-order valence-corrected chi connectivity index (χ3v) is 7.34. The van der Waals surface area contributed by atoms with Crippen LogP contribution in [-0.2, 0) is 28.6 Å². The monoisotopic (exact) mass is 456 g/mol. The Morgan fingerprint density at radius 2 is 1.82 bits per heavy atom. The number of ether oxygens (including phenoxy) is 3. The zero-order valence-electron chi connectivity index (χ0n) is 20.8. The van der Waals surface area contributed by atoms with Crippen LogP contribution in [-0.4, -0.2) is 36.2 Å². The van der Waals surface area contributed by atoms with Crippen molar-refractivity contribution in [2.24, 2.45) is 11.3 Å². The lowest BCUT2D eigenvalue weighted by Gasteiger charge is -2.50. The van der Waals surface area contributed by atoms with Crippen LogP contribution in [0.25, 0.3) is 0 Å². The average molecular weight is 457 g/mol. The summed E-state index contributed by atoms with van der Waals surface area (Å²) >= 11 is 0. The molecule has 0 N–H and O–H groups in total. The minimum Gasteiger partial charge on any atom is -0.461 e. The van der Waals surface area contributed by atoms with E-state index in [1.54, 1.807) is 0 Å². The van der Waals surface area contributed by atoms with Gasteiger partial charge in [-0.05, 0) is 71.4 Å². The van der Waals surface area contributed by atoms with Crippen LogP contribution in [0.5, 0.6) is 0 Å². The van der Waals surface area contributed by atoms with Crippen LogP contribution in [0.3, 0.4) is 0 Å². The number of fused-ring (bicyclic) bond motifs is 2. The summed E-state index contributed by atoms with van der Waals surface area (Å²) in [5.74, 6) is -1.13. The van der Waals surface area contributed by atoms with Crippen LogP contribution < -0.4 is 0 Å². The first-order valence-corrected chi connectivity index (χ1v) is 11.7. The largest absolute Gasteiger partial charge is 0.461 e. The van der Waals surface area contributed by atoms with Crippen molar-refractivity contribution in [2.75, 3.05) is 0 Å². The molecular formula is C27H36O6. The molecule has 0 aromatic rings. The highest BCUT2D eigenvalue weighted by molar-refractivity contribution is 5.92. The highest BCUT2D eigenvalue weighted by Crippen LogP contribution is 2.52. The molecule has 0 bridgehead atoms. The molecule has 180 valence electrons. The summed E-state index contributed by atoms with van der Waals surface area (Å²) in [4.78, 5) is 37.2. The second-order valence-corrected chi connectivity index (χ2v) is 10.1. The zero-order valence-corrected chi connectivity index (χ0v) is 20.8. The van der Waals surface area contributed by atoms with Gasteiger partial charge >= 0.3 is 17.9 Å². The van der Waals surface area contributed by atoms with Gasteiger partial charge in [0.15, 0.2) is 0 Å². The van der Waals surface area contributed by atoms with E-state index >= 15 is 0 Å². The molecule has 0 radical (unpaired) electrons. The predicted molar refractivity (Wildman–Crippen MR) is 125 cm³/mol. The standard InChI is InChI=1S/C27H36O6/c1-15(2)12-25(29)33-24-10-8-16(3)13-22-20(18(5)26(30)32-22)14-21-17(4)9-11-23(27(21,24)7)31-19(6)28/h9,12-13,21-24H,8,10-11,14H2,1-7H3/b16-13-/t21-,22-,23-,24?,27+/m0/s1. The van der Waals surface area contributed by atoms with E-state index in [4.69, 9.17) is 14.2 Å². The van der Waals surface area contributed by atoms with Crippen LogP contribution in [0.15, 0.2) is 46.1 Å². The summed E-state index contributed by atoms with van der Waals surface area (Å²) in [5.41, 5.74) is 3.98. The van der Waals surface area contributed by atoms with Gasteiger partial charge in [0.25, 0.3) is 0 Å². The maximum Gasteiger partial charge on any atom is 0.334 e. The summed E-state index contributed by atoms with van der Waals surface area (Å²) < 4.78 is 17.6. The molecule has 0 aromatic carbocycles. The Kier molecular flexibility index (Phi) is 7.35. The molecule has 0 fully saturated rings.